The summed E-state index contributed by atoms with van der Waals surface area (Å²) in [5.41, 5.74) is 1.20. The van der Waals surface area contributed by atoms with Crippen LogP contribution in [0.25, 0.3) is 21.2 Å². The summed E-state index contributed by atoms with van der Waals surface area (Å²) < 4.78 is 0. The topological polar surface area (TPSA) is 20.2 Å². The van der Waals surface area contributed by atoms with Crippen molar-refractivity contribution in [3.05, 3.63) is 53.9 Å². The molecule has 3 rings (SSSR count). The Bertz CT molecular complexity index is 626. The van der Waals surface area contributed by atoms with E-state index in [0.717, 1.165) is 10.8 Å². The zero-order valence-electron chi connectivity index (χ0n) is 8.55. The molecule has 0 unspecified atom stereocenters. The second kappa shape index (κ2) is 3.65. The van der Waals surface area contributed by atoms with Gasteiger partial charge in [-0.25, -0.2) is 0 Å². The minimum atomic E-state index is 0.316. The average molecular weight is 226 g/mol. The fourth-order valence-electron chi connectivity index (χ4n) is 1.83. The molecule has 0 aliphatic rings. The maximum atomic E-state index is 9.45. The summed E-state index contributed by atoms with van der Waals surface area (Å²) in [6, 6.07) is 15.9. The third-order valence-corrected chi connectivity index (χ3v) is 3.55. The molecular formula is C14H10OS. The molecule has 0 amide bonds. The molecule has 0 fully saturated rings. The Labute approximate surface area is 97.6 Å². The van der Waals surface area contributed by atoms with Crippen molar-refractivity contribution in [3.63, 3.8) is 0 Å². The molecule has 78 valence electrons. The number of thiophene rings is 1. The zero-order valence-corrected chi connectivity index (χ0v) is 9.37. The summed E-state index contributed by atoms with van der Waals surface area (Å²) in [6.45, 7) is 0. The Morgan fingerprint density at radius 2 is 1.75 bits per heavy atom. The van der Waals surface area contributed by atoms with Gasteiger partial charge in [0.05, 0.1) is 0 Å². The number of phenols is 1. The highest BCUT2D eigenvalue weighted by molar-refractivity contribution is 7.13. The van der Waals surface area contributed by atoms with Gasteiger partial charge in [-0.3, -0.25) is 0 Å². The van der Waals surface area contributed by atoms with Crippen LogP contribution in [0.15, 0.2) is 53.9 Å². The molecule has 0 spiro atoms. The largest absolute Gasteiger partial charge is 0.508 e. The molecule has 1 nitrogen and oxygen atoms in total. The van der Waals surface area contributed by atoms with E-state index in [1.165, 1.54) is 10.4 Å². The van der Waals surface area contributed by atoms with Crippen LogP contribution in [0.4, 0.5) is 0 Å². The van der Waals surface area contributed by atoms with E-state index in [2.05, 4.69) is 29.6 Å². The van der Waals surface area contributed by atoms with E-state index in [0.29, 0.717) is 5.75 Å². The van der Waals surface area contributed by atoms with E-state index in [9.17, 15) is 5.11 Å². The molecule has 0 saturated carbocycles. The van der Waals surface area contributed by atoms with Gasteiger partial charge in [0.1, 0.15) is 5.75 Å². The second-order valence-corrected chi connectivity index (χ2v) is 4.67. The van der Waals surface area contributed by atoms with E-state index < -0.39 is 0 Å². The number of aromatic hydroxyl groups is 1. The van der Waals surface area contributed by atoms with Crippen molar-refractivity contribution in [3.8, 4) is 16.2 Å². The molecule has 0 aliphatic heterocycles. The van der Waals surface area contributed by atoms with Crippen LogP contribution in [-0.4, -0.2) is 5.11 Å². The lowest BCUT2D eigenvalue weighted by molar-refractivity contribution is 0.476. The van der Waals surface area contributed by atoms with E-state index in [1.54, 1.807) is 23.5 Å². The first kappa shape index (κ1) is 9.43. The van der Waals surface area contributed by atoms with Gasteiger partial charge in [-0.15, -0.1) is 11.3 Å². The normalized spacial score (nSPS) is 10.8. The molecule has 2 heteroatoms. The van der Waals surface area contributed by atoms with Gasteiger partial charge in [-0.2, -0.15) is 0 Å². The summed E-state index contributed by atoms with van der Waals surface area (Å²) in [5, 5.41) is 13.8. The first-order valence-electron chi connectivity index (χ1n) is 5.09. The molecule has 1 heterocycles. The van der Waals surface area contributed by atoms with Crippen molar-refractivity contribution in [2.75, 3.05) is 0 Å². The number of rotatable bonds is 1. The number of hydrogen-bond acceptors (Lipinski definition) is 2. The molecular weight excluding hydrogens is 216 g/mol. The van der Waals surface area contributed by atoms with Crippen molar-refractivity contribution in [1.29, 1.82) is 0 Å². The van der Waals surface area contributed by atoms with Crippen LogP contribution in [0, 0.1) is 0 Å². The lowest BCUT2D eigenvalue weighted by Crippen LogP contribution is -1.75. The van der Waals surface area contributed by atoms with Crippen LogP contribution in [0.3, 0.4) is 0 Å². The van der Waals surface area contributed by atoms with Gasteiger partial charge in [-0.1, -0.05) is 24.3 Å². The van der Waals surface area contributed by atoms with Gasteiger partial charge in [0.2, 0.25) is 0 Å². The van der Waals surface area contributed by atoms with Crippen molar-refractivity contribution < 1.29 is 5.11 Å². The lowest BCUT2D eigenvalue weighted by Gasteiger charge is -2.02. The fourth-order valence-corrected chi connectivity index (χ4v) is 2.55. The fraction of sp³-hybridized carbons (Fsp3) is 0. The Morgan fingerprint density at radius 1 is 0.875 bits per heavy atom. The van der Waals surface area contributed by atoms with Gasteiger partial charge < -0.3 is 5.11 Å². The Kier molecular flexibility index (Phi) is 2.15. The summed E-state index contributed by atoms with van der Waals surface area (Å²) in [5.74, 6) is 0.316. The molecule has 1 N–H and O–H groups in total. The highest BCUT2D eigenvalue weighted by Gasteiger charge is 2.01. The zero-order chi connectivity index (χ0) is 11.0. The Morgan fingerprint density at radius 3 is 2.56 bits per heavy atom. The molecule has 0 saturated heterocycles. The van der Waals surface area contributed by atoms with E-state index in [-0.39, 0.29) is 0 Å². The van der Waals surface area contributed by atoms with Crippen LogP contribution in [-0.2, 0) is 0 Å². The summed E-state index contributed by atoms with van der Waals surface area (Å²) in [4.78, 5) is 1.25. The highest BCUT2D eigenvalue weighted by Crippen LogP contribution is 2.29. The number of hydrogen-bond donors (Lipinski definition) is 1. The molecule has 16 heavy (non-hydrogen) atoms. The molecule has 0 radical (unpaired) electrons. The monoisotopic (exact) mass is 226 g/mol. The lowest BCUT2D eigenvalue weighted by atomic mass is 10.1. The third-order valence-electron chi connectivity index (χ3n) is 2.63. The SMILES string of the molecule is Oc1ccc2ccc(-c3cccs3)cc2c1. The number of phenolic OH excluding ortho intramolecular Hbond substituents is 1. The standard InChI is InChI=1S/C14H10OS/c15-13-6-5-10-3-4-11(8-12(10)9-13)14-2-1-7-16-14/h1-9,15H. The van der Waals surface area contributed by atoms with Crippen LogP contribution < -0.4 is 0 Å². The second-order valence-electron chi connectivity index (χ2n) is 3.72. The predicted octanol–water partition coefficient (Wildman–Crippen LogP) is 4.27. The molecule has 3 aromatic rings. The Hall–Kier alpha value is -1.80. The first-order valence-corrected chi connectivity index (χ1v) is 5.97. The van der Waals surface area contributed by atoms with Gasteiger partial charge in [0.15, 0.2) is 0 Å². The van der Waals surface area contributed by atoms with Crippen molar-refractivity contribution >= 4 is 22.1 Å². The van der Waals surface area contributed by atoms with Crippen molar-refractivity contribution in [2.24, 2.45) is 0 Å². The smallest absolute Gasteiger partial charge is 0.116 e. The van der Waals surface area contributed by atoms with Crippen LogP contribution >= 0.6 is 11.3 Å². The minimum Gasteiger partial charge on any atom is -0.508 e. The summed E-state index contributed by atoms with van der Waals surface area (Å²) in [6.07, 6.45) is 0. The highest BCUT2D eigenvalue weighted by atomic mass is 32.1. The predicted molar refractivity (Wildman–Crippen MR) is 68.9 cm³/mol. The van der Waals surface area contributed by atoms with Crippen LogP contribution in [0.5, 0.6) is 5.75 Å². The van der Waals surface area contributed by atoms with Crippen LogP contribution in [0.1, 0.15) is 0 Å². The van der Waals surface area contributed by atoms with Crippen molar-refractivity contribution in [1.82, 2.24) is 0 Å². The molecule has 0 atom stereocenters. The number of benzene rings is 2. The maximum absolute atomic E-state index is 9.45. The molecule has 0 bridgehead atoms. The maximum Gasteiger partial charge on any atom is 0.116 e. The van der Waals surface area contributed by atoms with Crippen LogP contribution in [0.2, 0.25) is 0 Å². The molecule has 2 aromatic carbocycles. The van der Waals surface area contributed by atoms with Gasteiger partial charge in [0, 0.05) is 4.88 Å². The van der Waals surface area contributed by atoms with Gasteiger partial charge in [0.25, 0.3) is 0 Å². The number of fused-ring (bicyclic) bond motifs is 1. The van der Waals surface area contributed by atoms with E-state index in [4.69, 9.17) is 0 Å². The quantitative estimate of drug-likeness (QED) is 0.656. The van der Waals surface area contributed by atoms with Gasteiger partial charge >= 0.3 is 0 Å². The first-order chi connectivity index (χ1) is 7.83. The molecule has 1 aromatic heterocycles. The van der Waals surface area contributed by atoms with E-state index >= 15 is 0 Å². The average Bonchev–Trinajstić information content (AvgIpc) is 2.81. The summed E-state index contributed by atoms with van der Waals surface area (Å²) in [7, 11) is 0. The Balaban J connectivity index is 2.22. The van der Waals surface area contributed by atoms with Gasteiger partial charge in [-0.05, 0) is 46.0 Å². The van der Waals surface area contributed by atoms with E-state index in [1.807, 2.05) is 12.1 Å². The minimum absolute atomic E-state index is 0.316. The molecule has 0 aliphatic carbocycles. The third kappa shape index (κ3) is 1.57. The van der Waals surface area contributed by atoms with Crippen molar-refractivity contribution in [2.45, 2.75) is 0 Å². The summed E-state index contributed by atoms with van der Waals surface area (Å²) >= 11 is 1.73.